The van der Waals surface area contributed by atoms with Crippen molar-refractivity contribution in [3.8, 4) is 17.0 Å². The van der Waals surface area contributed by atoms with E-state index in [2.05, 4.69) is 10.5 Å². The summed E-state index contributed by atoms with van der Waals surface area (Å²) >= 11 is 5.87. The van der Waals surface area contributed by atoms with Gasteiger partial charge in [0, 0.05) is 16.7 Å². The van der Waals surface area contributed by atoms with E-state index in [1.54, 1.807) is 18.2 Å². The molecule has 0 fully saturated rings. The minimum absolute atomic E-state index is 0.0539. The smallest absolute Gasteiger partial charge is 0.258 e. The predicted molar refractivity (Wildman–Crippen MR) is 95.5 cm³/mol. The fourth-order valence-electron chi connectivity index (χ4n) is 2.24. The highest BCUT2D eigenvalue weighted by Gasteiger charge is 2.09. The van der Waals surface area contributed by atoms with E-state index in [4.69, 9.17) is 20.9 Å². The largest absolute Gasteiger partial charge is 0.484 e. The number of nitrogens with one attached hydrogen (secondary N) is 1. The minimum Gasteiger partial charge on any atom is -0.484 e. The lowest BCUT2D eigenvalue weighted by atomic mass is 10.1. The number of ether oxygens (including phenoxy) is 1. The summed E-state index contributed by atoms with van der Waals surface area (Å²) in [5.74, 6) is 1.000. The van der Waals surface area contributed by atoms with Crippen LogP contribution in [-0.2, 0) is 11.3 Å². The average molecular weight is 357 g/mol. The monoisotopic (exact) mass is 356 g/mol. The highest BCUT2D eigenvalue weighted by Crippen LogP contribution is 2.21. The second-order valence-electron chi connectivity index (χ2n) is 5.57. The summed E-state index contributed by atoms with van der Waals surface area (Å²) in [4.78, 5) is 11.9. The SMILES string of the molecule is Cc1cccc(OCC(=O)NCc2cc(-c3ccc(Cl)cc3)no2)c1. The van der Waals surface area contributed by atoms with Crippen LogP contribution in [0.4, 0.5) is 0 Å². The number of hydrogen-bond acceptors (Lipinski definition) is 4. The van der Waals surface area contributed by atoms with Crippen molar-refractivity contribution in [3.63, 3.8) is 0 Å². The number of aromatic nitrogens is 1. The van der Waals surface area contributed by atoms with E-state index in [0.717, 1.165) is 11.1 Å². The Balaban J connectivity index is 1.50. The van der Waals surface area contributed by atoms with Gasteiger partial charge >= 0.3 is 0 Å². The number of hydrogen-bond donors (Lipinski definition) is 1. The van der Waals surface area contributed by atoms with Crippen molar-refractivity contribution in [3.05, 3.63) is 70.9 Å². The number of halogens is 1. The van der Waals surface area contributed by atoms with Crippen molar-refractivity contribution >= 4 is 17.5 Å². The van der Waals surface area contributed by atoms with Crippen molar-refractivity contribution in [1.29, 1.82) is 0 Å². The molecular formula is C19H17ClN2O3. The van der Waals surface area contributed by atoms with Gasteiger partial charge in [-0.05, 0) is 36.8 Å². The van der Waals surface area contributed by atoms with Crippen molar-refractivity contribution in [1.82, 2.24) is 10.5 Å². The third kappa shape index (κ3) is 4.84. The highest BCUT2D eigenvalue weighted by atomic mass is 35.5. The van der Waals surface area contributed by atoms with Crippen LogP contribution in [0.5, 0.6) is 5.75 Å². The van der Waals surface area contributed by atoms with Crippen molar-refractivity contribution in [2.45, 2.75) is 13.5 Å². The second-order valence-corrected chi connectivity index (χ2v) is 6.00. The van der Waals surface area contributed by atoms with Crippen LogP contribution in [0.3, 0.4) is 0 Å². The average Bonchev–Trinajstić information content (AvgIpc) is 3.08. The molecule has 1 N–H and O–H groups in total. The number of carbonyl (C=O) groups excluding carboxylic acids is 1. The summed E-state index contributed by atoms with van der Waals surface area (Å²) < 4.78 is 10.7. The molecule has 1 heterocycles. The summed E-state index contributed by atoms with van der Waals surface area (Å²) in [5.41, 5.74) is 2.67. The molecule has 3 rings (SSSR count). The number of rotatable bonds is 6. The first-order valence-electron chi connectivity index (χ1n) is 7.78. The van der Waals surface area contributed by atoms with Crippen molar-refractivity contribution in [2.24, 2.45) is 0 Å². The zero-order valence-corrected chi connectivity index (χ0v) is 14.4. The lowest BCUT2D eigenvalue weighted by Gasteiger charge is -2.06. The maximum absolute atomic E-state index is 11.9. The van der Waals surface area contributed by atoms with E-state index in [1.165, 1.54) is 0 Å². The Morgan fingerprint density at radius 1 is 1.20 bits per heavy atom. The topological polar surface area (TPSA) is 64.4 Å². The summed E-state index contributed by atoms with van der Waals surface area (Å²) in [5, 5.41) is 7.40. The standard InChI is InChI=1S/C19H17ClN2O3/c1-13-3-2-4-16(9-13)24-12-19(23)21-11-17-10-18(22-25-17)14-5-7-15(20)8-6-14/h2-10H,11-12H2,1H3,(H,21,23). The molecule has 0 spiro atoms. The summed E-state index contributed by atoms with van der Waals surface area (Å²) in [6.45, 7) is 2.16. The summed E-state index contributed by atoms with van der Waals surface area (Å²) in [7, 11) is 0. The van der Waals surface area contributed by atoms with E-state index in [1.807, 2.05) is 43.3 Å². The molecule has 0 bridgehead atoms. The molecule has 0 unspecified atom stereocenters. The van der Waals surface area contributed by atoms with Crippen LogP contribution in [0.25, 0.3) is 11.3 Å². The van der Waals surface area contributed by atoms with Crippen LogP contribution >= 0.6 is 11.6 Å². The minimum atomic E-state index is -0.231. The van der Waals surface area contributed by atoms with Crippen molar-refractivity contribution in [2.75, 3.05) is 6.61 Å². The molecule has 0 radical (unpaired) electrons. The van der Waals surface area contributed by atoms with Crippen LogP contribution in [-0.4, -0.2) is 17.7 Å². The second kappa shape index (κ2) is 7.85. The van der Waals surface area contributed by atoms with E-state index in [9.17, 15) is 4.79 Å². The van der Waals surface area contributed by atoms with Crippen LogP contribution in [0.15, 0.2) is 59.1 Å². The molecule has 1 aromatic heterocycles. The van der Waals surface area contributed by atoms with Gasteiger partial charge in [0.2, 0.25) is 0 Å². The molecule has 25 heavy (non-hydrogen) atoms. The van der Waals surface area contributed by atoms with Crippen LogP contribution in [0, 0.1) is 6.92 Å². The highest BCUT2D eigenvalue weighted by molar-refractivity contribution is 6.30. The predicted octanol–water partition coefficient (Wildman–Crippen LogP) is 4.00. The van der Waals surface area contributed by atoms with Gasteiger partial charge < -0.3 is 14.6 Å². The van der Waals surface area contributed by atoms with Gasteiger partial charge in [0.15, 0.2) is 12.4 Å². The Morgan fingerprint density at radius 3 is 2.76 bits per heavy atom. The Labute approximate surface area is 150 Å². The summed E-state index contributed by atoms with van der Waals surface area (Å²) in [6, 6.07) is 16.6. The molecule has 6 heteroatoms. The number of carbonyl (C=O) groups is 1. The number of amides is 1. The van der Waals surface area contributed by atoms with Gasteiger partial charge in [0.05, 0.1) is 6.54 Å². The van der Waals surface area contributed by atoms with Crippen LogP contribution in [0.1, 0.15) is 11.3 Å². The van der Waals surface area contributed by atoms with Gasteiger partial charge in [-0.25, -0.2) is 0 Å². The van der Waals surface area contributed by atoms with Crippen LogP contribution < -0.4 is 10.1 Å². The lowest BCUT2D eigenvalue weighted by molar-refractivity contribution is -0.123. The molecule has 0 aliphatic carbocycles. The Hall–Kier alpha value is -2.79. The Bertz CT molecular complexity index is 859. The first kappa shape index (κ1) is 17.0. The number of nitrogens with zero attached hydrogens (tertiary/aromatic N) is 1. The fraction of sp³-hybridized carbons (Fsp3) is 0.158. The van der Waals surface area contributed by atoms with E-state index in [0.29, 0.717) is 22.2 Å². The molecule has 0 atom stereocenters. The molecule has 1 amide bonds. The van der Waals surface area contributed by atoms with Crippen LogP contribution in [0.2, 0.25) is 5.02 Å². The molecule has 5 nitrogen and oxygen atoms in total. The first-order chi connectivity index (χ1) is 12.1. The molecule has 0 saturated carbocycles. The quantitative estimate of drug-likeness (QED) is 0.725. The van der Waals surface area contributed by atoms with Crippen molar-refractivity contribution < 1.29 is 14.1 Å². The molecule has 2 aromatic carbocycles. The third-order valence-corrected chi connectivity index (χ3v) is 3.77. The molecule has 128 valence electrons. The third-order valence-electron chi connectivity index (χ3n) is 3.52. The van der Waals surface area contributed by atoms with E-state index < -0.39 is 0 Å². The molecule has 3 aromatic rings. The normalized spacial score (nSPS) is 10.5. The number of aryl methyl sites for hydroxylation is 1. The molecule has 0 saturated heterocycles. The fourth-order valence-corrected chi connectivity index (χ4v) is 2.37. The number of benzene rings is 2. The van der Waals surface area contributed by atoms with E-state index in [-0.39, 0.29) is 19.1 Å². The molecule has 0 aliphatic heterocycles. The van der Waals surface area contributed by atoms with Gasteiger partial charge in [0.25, 0.3) is 5.91 Å². The maximum atomic E-state index is 11.9. The Morgan fingerprint density at radius 2 is 2.00 bits per heavy atom. The van der Waals surface area contributed by atoms with Gasteiger partial charge in [-0.3, -0.25) is 4.79 Å². The van der Waals surface area contributed by atoms with Gasteiger partial charge in [0.1, 0.15) is 11.4 Å². The van der Waals surface area contributed by atoms with Gasteiger partial charge in [-0.2, -0.15) is 0 Å². The van der Waals surface area contributed by atoms with Gasteiger partial charge in [-0.1, -0.05) is 41.0 Å². The first-order valence-corrected chi connectivity index (χ1v) is 8.15. The maximum Gasteiger partial charge on any atom is 0.258 e. The molecular weight excluding hydrogens is 340 g/mol. The zero-order valence-electron chi connectivity index (χ0n) is 13.7. The van der Waals surface area contributed by atoms with E-state index >= 15 is 0 Å². The molecule has 0 aliphatic rings. The zero-order chi connectivity index (χ0) is 17.6. The summed E-state index contributed by atoms with van der Waals surface area (Å²) in [6.07, 6.45) is 0. The van der Waals surface area contributed by atoms with Gasteiger partial charge in [-0.15, -0.1) is 0 Å². The Kier molecular flexibility index (Phi) is 5.36. The lowest BCUT2D eigenvalue weighted by Crippen LogP contribution is -2.28.